The Morgan fingerprint density at radius 2 is 1.83 bits per heavy atom. The number of hydrogen-bond acceptors (Lipinski definition) is 7. The van der Waals surface area contributed by atoms with E-state index in [0.29, 0.717) is 41.4 Å². The van der Waals surface area contributed by atoms with Gasteiger partial charge >= 0.3 is 0 Å². The molecule has 0 bridgehead atoms. The lowest BCUT2D eigenvalue weighted by atomic mass is 10.2. The topological polar surface area (TPSA) is 77.8 Å². The highest BCUT2D eigenvalue weighted by Gasteiger charge is 2.11. The first-order chi connectivity index (χ1) is 11.2. The van der Waals surface area contributed by atoms with Gasteiger partial charge in [0.1, 0.15) is 0 Å². The molecular formula is C16H18N4O2S. The maximum atomic E-state index is 5.66. The minimum atomic E-state index is 0.248. The Morgan fingerprint density at radius 3 is 2.57 bits per heavy atom. The molecule has 0 aliphatic rings. The van der Waals surface area contributed by atoms with Crippen molar-refractivity contribution in [2.45, 2.75) is 37.7 Å². The van der Waals surface area contributed by atoms with Crippen LogP contribution in [0.5, 0.6) is 0 Å². The fourth-order valence-electron chi connectivity index (χ4n) is 1.98. The highest BCUT2D eigenvalue weighted by atomic mass is 32.2. The van der Waals surface area contributed by atoms with Crippen LogP contribution in [0.1, 0.15) is 48.8 Å². The second-order valence-electron chi connectivity index (χ2n) is 5.45. The van der Waals surface area contributed by atoms with Gasteiger partial charge in [-0.05, 0) is 5.56 Å². The zero-order valence-corrected chi connectivity index (χ0v) is 13.9. The maximum Gasteiger partial charge on any atom is 0.229 e. The Labute approximate surface area is 138 Å². The lowest BCUT2D eigenvalue weighted by Gasteiger charge is -1.95. The normalized spacial score (nSPS) is 11.3. The summed E-state index contributed by atoms with van der Waals surface area (Å²) in [7, 11) is 0. The van der Waals surface area contributed by atoms with E-state index in [1.807, 2.05) is 44.2 Å². The molecule has 120 valence electrons. The fraction of sp³-hybridized carbons (Fsp3) is 0.375. The molecule has 0 amide bonds. The first-order valence-electron chi connectivity index (χ1n) is 7.46. The Hall–Kier alpha value is -2.15. The molecule has 23 heavy (non-hydrogen) atoms. The largest absolute Gasteiger partial charge is 0.424 e. The van der Waals surface area contributed by atoms with Crippen LogP contribution in [0.2, 0.25) is 0 Å². The SMILES string of the molecule is CC(C)c1nc(CSCc2nnc(Cc3ccccc3)o2)no1. The van der Waals surface area contributed by atoms with Crippen molar-refractivity contribution in [2.24, 2.45) is 0 Å². The van der Waals surface area contributed by atoms with E-state index >= 15 is 0 Å². The molecule has 0 saturated heterocycles. The summed E-state index contributed by atoms with van der Waals surface area (Å²) in [6, 6.07) is 10.1. The summed E-state index contributed by atoms with van der Waals surface area (Å²) >= 11 is 1.62. The standard InChI is InChI=1S/C16H18N4O2S/c1-11(2)16-17-13(20-22-16)9-23-10-15-19-18-14(21-15)8-12-6-4-3-5-7-12/h3-7,11H,8-10H2,1-2H3. The number of rotatable bonds is 7. The van der Waals surface area contributed by atoms with E-state index in [2.05, 4.69) is 20.3 Å². The molecule has 3 rings (SSSR count). The van der Waals surface area contributed by atoms with Gasteiger partial charge in [0, 0.05) is 5.92 Å². The number of benzene rings is 1. The van der Waals surface area contributed by atoms with Crippen LogP contribution in [0, 0.1) is 0 Å². The molecule has 0 N–H and O–H groups in total. The third kappa shape index (κ3) is 4.41. The molecular weight excluding hydrogens is 312 g/mol. The van der Waals surface area contributed by atoms with Gasteiger partial charge in [0.15, 0.2) is 5.82 Å². The van der Waals surface area contributed by atoms with Gasteiger partial charge in [0.2, 0.25) is 17.7 Å². The highest BCUT2D eigenvalue weighted by molar-refractivity contribution is 7.97. The fourth-order valence-corrected chi connectivity index (χ4v) is 2.67. The third-order valence-electron chi connectivity index (χ3n) is 3.14. The minimum Gasteiger partial charge on any atom is -0.424 e. The van der Waals surface area contributed by atoms with Crippen LogP contribution >= 0.6 is 11.8 Å². The van der Waals surface area contributed by atoms with E-state index in [0.717, 1.165) is 5.56 Å². The van der Waals surface area contributed by atoms with Gasteiger partial charge in [-0.2, -0.15) is 4.98 Å². The van der Waals surface area contributed by atoms with Crippen LogP contribution in [0.4, 0.5) is 0 Å². The van der Waals surface area contributed by atoms with Crippen LogP contribution in [0.3, 0.4) is 0 Å². The third-order valence-corrected chi connectivity index (χ3v) is 4.05. The second kappa shape index (κ2) is 7.41. The summed E-state index contributed by atoms with van der Waals surface area (Å²) in [5, 5.41) is 12.1. The van der Waals surface area contributed by atoms with Gasteiger partial charge in [0.25, 0.3) is 0 Å². The number of hydrogen-bond donors (Lipinski definition) is 0. The molecule has 0 unspecified atom stereocenters. The van der Waals surface area contributed by atoms with Crippen LogP contribution < -0.4 is 0 Å². The summed E-state index contributed by atoms with van der Waals surface area (Å²) in [5.74, 6) is 4.16. The number of aromatic nitrogens is 4. The van der Waals surface area contributed by atoms with Gasteiger partial charge in [-0.1, -0.05) is 49.3 Å². The molecule has 6 nitrogen and oxygen atoms in total. The molecule has 0 fully saturated rings. The Kier molecular flexibility index (Phi) is 5.07. The highest BCUT2D eigenvalue weighted by Crippen LogP contribution is 2.18. The first-order valence-corrected chi connectivity index (χ1v) is 8.61. The Bertz CT molecular complexity index is 739. The molecule has 2 heterocycles. The van der Waals surface area contributed by atoms with Crippen molar-refractivity contribution < 1.29 is 8.94 Å². The van der Waals surface area contributed by atoms with Crippen molar-refractivity contribution in [1.29, 1.82) is 0 Å². The summed E-state index contributed by atoms with van der Waals surface area (Å²) in [6.07, 6.45) is 0.654. The van der Waals surface area contributed by atoms with Crippen LogP contribution in [-0.4, -0.2) is 20.3 Å². The van der Waals surface area contributed by atoms with Gasteiger partial charge in [0.05, 0.1) is 17.9 Å². The van der Waals surface area contributed by atoms with E-state index in [1.54, 1.807) is 11.8 Å². The number of nitrogens with zero attached hydrogens (tertiary/aromatic N) is 4. The van der Waals surface area contributed by atoms with Crippen molar-refractivity contribution >= 4 is 11.8 Å². The quantitative estimate of drug-likeness (QED) is 0.655. The Morgan fingerprint density at radius 1 is 1.04 bits per heavy atom. The second-order valence-corrected chi connectivity index (χ2v) is 6.43. The van der Waals surface area contributed by atoms with Gasteiger partial charge < -0.3 is 8.94 Å². The molecule has 3 aromatic rings. The summed E-state index contributed by atoms with van der Waals surface area (Å²) in [6.45, 7) is 4.05. The lowest BCUT2D eigenvalue weighted by molar-refractivity contribution is 0.362. The average molecular weight is 330 g/mol. The van der Waals surface area contributed by atoms with Crippen LogP contribution in [-0.2, 0) is 17.9 Å². The van der Waals surface area contributed by atoms with Gasteiger partial charge in [-0.15, -0.1) is 22.0 Å². The van der Waals surface area contributed by atoms with E-state index in [1.165, 1.54) is 0 Å². The van der Waals surface area contributed by atoms with E-state index in [4.69, 9.17) is 8.94 Å². The molecule has 0 spiro atoms. The average Bonchev–Trinajstić information content (AvgIpc) is 3.18. The van der Waals surface area contributed by atoms with Crippen LogP contribution in [0.15, 0.2) is 39.3 Å². The maximum absolute atomic E-state index is 5.66. The van der Waals surface area contributed by atoms with Crippen molar-refractivity contribution in [3.8, 4) is 0 Å². The molecule has 0 saturated carbocycles. The minimum absolute atomic E-state index is 0.248. The molecule has 0 aliphatic heterocycles. The summed E-state index contributed by atoms with van der Waals surface area (Å²) < 4.78 is 10.8. The predicted octanol–water partition coefficient (Wildman–Crippen LogP) is 3.60. The van der Waals surface area contributed by atoms with Crippen molar-refractivity contribution in [1.82, 2.24) is 20.3 Å². The summed E-state index contributed by atoms with van der Waals surface area (Å²) in [5.41, 5.74) is 1.16. The lowest BCUT2D eigenvalue weighted by Crippen LogP contribution is -1.89. The number of thioether (sulfide) groups is 1. The molecule has 7 heteroatoms. The molecule has 0 aliphatic carbocycles. The van der Waals surface area contributed by atoms with Crippen molar-refractivity contribution in [2.75, 3.05) is 0 Å². The molecule has 2 aromatic heterocycles. The smallest absolute Gasteiger partial charge is 0.229 e. The van der Waals surface area contributed by atoms with Gasteiger partial charge in [-0.3, -0.25) is 0 Å². The molecule has 0 atom stereocenters. The molecule has 1 aromatic carbocycles. The first kappa shape index (κ1) is 15.7. The zero-order chi connectivity index (χ0) is 16.1. The van der Waals surface area contributed by atoms with Crippen molar-refractivity contribution in [3.05, 3.63) is 59.4 Å². The van der Waals surface area contributed by atoms with E-state index in [9.17, 15) is 0 Å². The van der Waals surface area contributed by atoms with Crippen molar-refractivity contribution in [3.63, 3.8) is 0 Å². The molecule has 0 radical (unpaired) electrons. The van der Waals surface area contributed by atoms with Crippen LogP contribution in [0.25, 0.3) is 0 Å². The predicted molar refractivity (Wildman–Crippen MR) is 86.9 cm³/mol. The Balaban J connectivity index is 1.49. The summed E-state index contributed by atoms with van der Waals surface area (Å²) in [4.78, 5) is 4.34. The monoisotopic (exact) mass is 330 g/mol. The zero-order valence-electron chi connectivity index (χ0n) is 13.1. The van der Waals surface area contributed by atoms with Gasteiger partial charge in [-0.25, -0.2) is 0 Å². The van der Waals surface area contributed by atoms with E-state index < -0.39 is 0 Å². The van der Waals surface area contributed by atoms with E-state index in [-0.39, 0.29) is 5.92 Å².